The molecule has 114 valence electrons. The number of hydrogen-bond donors (Lipinski definition) is 1. The fourth-order valence-electron chi connectivity index (χ4n) is 1.66. The van der Waals surface area contributed by atoms with Crippen LogP contribution < -0.4 is 5.73 Å². The predicted molar refractivity (Wildman–Crippen MR) is 75.8 cm³/mol. The van der Waals surface area contributed by atoms with Gasteiger partial charge >= 0.3 is 0 Å². The monoisotopic (exact) mass is 311 g/mol. The highest BCUT2D eigenvalue weighted by atomic mass is 32.2. The molecule has 0 saturated heterocycles. The summed E-state index contributed by atoms with van der Waals surface area (Å²) in [5, 5.41) is 8.62. The van der Waals surface area contributed by atoms with Crippen molar-refractivity contribution in [2.24, 2.45) is 5.73 Å². The van der Waals surface area contributed by atoms with Crippen LogP contribution in [0, 0.1) is 11.3 Å². The van der Waals surface area contributed by atoms with E-state index in [2.05, 4.69) is 0 Å². The zero-order valence-electron chi connectivity index (χ0n) is 11.7. The van der Waals surface area contributed by atoms with Crippen molar-refractivity contribution in [2.45, 2.75) is 11.3 Å². The third-order valence-corrected chi connectivity index (χ3v) is 4.71. The Kier molecular flexibility index (Phi) is 6.30. The molecule has 0 unspecified atom stereocenters. The molecule has 0 bridgehead atoms. The maximum atomic E-state index is 12.5. The molecule has 0 spiro atoms. The van der Waals surface area contributed by atoms with Gasteiger partial charge in [-0.3, -0.25) is 4.79 Å². The van der Waals surface area contributed by atoms with E-state index in [4.69, 9.17) is 15.7 Å². The lowest BCUT2D eigenvalue weighted by molar-refractivity contribution is 0.1000. The number of methoxy groups -OCH3 is 1. The van der Waals surface area contributed by atoms with E-state index in [0.717, 1.165) is 0 Å². The van der Waals surface area contributed by atoms with E-state index in [-0.39, 0.29) is 36.6 Å². The summed E-state index contributed by atoms with van der Waals surface area (Å²) < 4.78 is 31.0. The van der Waals surface area contributed by atoms with Gasteiger partial charge in [-0.2, -0.15) is 9.57 Å². The van der Waals surface area contributed by atoms with Gasteiger partial charge in [-0.05, 0) is 24.3 Å². The highest BCUT2D eigenvalue weighted by molar-refractivity contribution is 7.89. The fraction of sp³-hybridized carbons (Fsp3) is 0.385. The largest absolute Gasteiger partial charge is 0.383 e. The maximum absolute atomic E-state index is 12.5. The normalized spacial score (nSPS) is 11.3. The Bertz CT molecular complexity index is 620. The van der Waals surface area contributed by atoms with Crippen molar-refractivity contribution in [1.29, 1.82) is 5.26 Å². The van der Waals surface area contributed by atoms with Gasteiger partial charge in [0.2, 0.25) is 15.9 Å². The number of nitriles is 1. The number of rotatable bonds is 8. The molecule has 0 aromatic heterocycles. The molecule has 0 aliphatic rings. The summed E-state index contributed by atoms with van der Waals surface area (Å²) in [7, 11) is -2.27. The van der Waals surface area contributed by atoms with E-state index in [9.17, 15) is 13.2 Å². The SMILES string of the molecule is COCCN(CCC#N)S(=O)(=O)c1ccc(C(N)=O)cc1. The quantitative estimate of drug-likeness (QED) is 0.743. The number of amides is 1. The van der Waals surface area contributed by atoms with Crippen LogP contribution in [0.5, 0.6) is 0 Å². The third kappa shape index (κ3) is 4.53. The molecule has 0 aliphatic heterocycles. The fourth-order valence-corrected chi connectivity index (χ4v) is 3.08. The number of sulfonamides is 1. The summed E-state index contributed by atoms with van der Waals surface area (Å²) in [4.78, 5) is 11.0. The molecule has 1 aromatic carbocycles. The molecule has 1 amide bonds. The van der Waals surface area contributed by atoms with Crippen molar-refractivity contribution in [3.8, 4) is 6.07 Å². The average molecular weight is 311 g/mol. The van der Waals surface area contributed by atoms with Crippen molar-refractivity contribution in [1.82, 2.24) is 4.31 Å². The van der Waals surface area contributed by atoms with Gasteiger partial charge in [-0.1, -0.05) is 0 Å². The van der Waals surface area contributed by atoms with Crippen molar-refractivity contribution < 1.29 is 17.9 Å². The van der Waals surface area contributed by atoms with Gasteiger partial charge in [0.15, 0.2) is 0 Å². The Hall–Kier alpha value is -1.95. The first-order chi connectivity index (χ1) is 9.93. The van der Waals surface area contributed by atoms with E-state index in [1.165, 1.54) is 35.7 Å². The first-order valence-corrected chi connectivity index (χ1v) is 7.63. The number of nitrogens with two attached hydrogens (primary N) is 1. The van der Waals surface area contributed by atoms with Gasteiger partial charge in [0.1, 0.15) is 0 Å². The lowest BCUT2D eigenvalue weighted by Crippen LogP contribution is -2.34. The lowest BCUT2D eigenvalue weighted by atomic mass is 10.2. The van der Waals surface area contributed by atoms with Gasteiger partial charge in [0.05, 0.1) is 17.6 Å². The van der Waals surface area contributed by atoms with Crippen LogP contribution in [-0.4, -0.2) is 45.4 Å². The molecule has 1 rings (SSSR count). The zero-order valence-corrected chi connectivity index (χ0v) is 12.5. The molecule has 8 heteroatoms. The summed E-state index contributed by atoms with van der Waals surface area (Å²) in [5.74, 6) is -0.625. The van der Waals surface area contributed by atoms with E-state index in [1.807, 2.05) is 6.07 Å². The summed E-state index contributed by atoms with van der Waals surface area (Å²) in [5.41, 5.74) is 5.34. The van der Waals surface area contributed by atoms with Crippen LogP contribution in [0.3, 0.4) is 0 Å². The third-order valence-electron chi connectivity index (χ3n) is 2.79. The number of nitrogens with zero attached hydrogens (tertiary/aromatic N) is 2. The maximum Gasteiger partial charge on any atom is 0.248 e. The summed E-state index contributed by atoms with van der Waals surface area (Å²) in [6.45, 7) is 0.460. The first kappa shape index (κ1) is 17.1. The number of primary amides is 1. The molecule has 0 atom stereocenters. The summed E-state index contributed by atoms with van der Waals surface area (Å²) in [6, 6.07) is 7.27. The van der Waals surface area contributed by atoms with Crippen LogP contribution in [0.2, 0.25) is 0 Å². The van der Waals surface area contributed by atoms with E-state index in [1.54, 1.807) is 0 Å². The van der Waals surface area contributed by atoms with Crippen LogP contribution >= 0.6 is 0 Å². The molecule has 1 aromatic rings. The minimum Gasteiger partial charge on any atom is -0.383 e. The smallest absolute Gasteiger partial charge is 0.248 e. The van der Waals surface area contributed by atoms with E-state index in [0.29, 0.717) is 0 Å². The zero-order chi connectivity index (χ0) is 15.9. The molecule has 7 nitrogen and oxygen atoms in total. The highest BCUT2D eigenvalue weighted by Crippen LogP contribution is 2.16. The second kappa shape index (κ2) is 7.73. The Morgan fingerprint density at radius 1 is 1.33 bits per heavy atom. The summed E-state index contributed by atoms with van der Waals surface area (Å²) >= 11 is 0. The van der Waals surface area contributed by atoms with Crippen LogP contribution in [-0.2, 0) is 14.8 Å². The molecule has 2 N–H and O–H groups in total. The lowest BCUT2D eigenvalue weighted by Gasteiger charge is -2.20. The van der Waals surface area contributed by atoms with Crippen molar-refractivity contribution in [3.05, 3.63) is 29.8 Å². The Morgan fingerprint density at radius 3 is 2.43 bits per heavy atom. The van der Waals surface area contributed by atoms with Crippen LogP contribution in [0.15, 0.2) is 29.2 Å². The predicted octanol–water partition coefficient (Wildman–Crippen LogP) is 0.336. The minimum atomic E-state index is -3.74. The molecule has 0 aliphatic carbocycles. The van der Waals surface area contributed by atoms with Crippen molar-refractivity contribution in [3.63, 3.8) is 0 Å². The van der Waals surface area contributed by atoms with Gasteiger partial charge in [0.25, 0.3) is 0 Å². The molecular formula is C13H17N3O4S. The van der Waals surface area contributed by atoms with Crippen LogP contribution in [0.1, 0.15) is 16.8 Å². The first-order valence-electron chi connectivity index (χ1n) is 6.19. The number of ether oxygens (including phenoxy) is 1. The standard InChI is InChI=1S/C13H17N3O4S/c1-20-10-9-16(8-2-7-14)21(18,19)12-5-3-11(4-6-12)13(15)17/h3-6H,2,8-10H2,1H3,(H2,15,17). The highest BCUT2D eigenvalue weighted by Gasteiger charge is 2.23. The van der Waals surface area contributed by atoms with Gasteiger partial charge in [-0.15, -0.1) is 0 Å². The van der Waals surface area contributed by atoms with Gasteiger partial charge in [0, 0.05) is 32.2 Å². The Balaban J connectivity index is 3.03. The minimum absolute atomic E-state index is 0.0431. The van der Waals surface area contributed by atoms with E-state index >= 15 is 0 Å². The number of carbonyl (C=O) groups is 1. The Morgan fingerprint density at radius 2 is 1.95 bits per heavy atom. The van der Waals surface area contributed by atoms with Crippen molar-refractivity contribution in [2.75, 3.05) is 26.8 Å². The van der Waals surface area contributed by atoms with E-state index < -0.39 is 15.9 Å². The van der Waals surface area contributed by atoms with Crippen LogP contribution in [0.25, 0.3) is 0 Å². The Labute approximate surface area is 124 Å². The molecule has 0 fully saturated rings. The molecule has 21 heavy (non-hydrogen) atoms. The van der Waals surface area contributed by atoms with Gasteiger partial charge in [-0.25, -0.2) is 8.42 Å². The molecule has 0 heterocycles. The number of benzene rings is 1. The second-order valence-electron chi connectivity index (χ2n) is 4.19. The van der Waals surface area contributed by atoms with Gasteiger partial charge < -0.3 is 10.5 Å². The number of carbonyl (C=O) groups excluding carboxylic acids is 1. The second-order valence-corrected chi connectivity index (χ2v) is 6.13. The summed E-state index contributed by atoms with van der Waals surface area (Å²) in [6.07, 6.45) is 0.0856. The average Bonchev–Trinajstić information content (AvgIpc) is 2.47. The van der Waals surface area contributed by atoms with Crippen molar-refractivity contribution >= 4 is 15.9 Å². The topological polar surface area (TPSA) is 113 Å². The number of hydrogen-bond acceptors (Lipinski definition) is 5. The molecular weight excluding hydrogens is 294 g/mol. The molecule has 0 saturated carbocycles. The molecule has 0 radical (unpaired) electrons. The van der Waals surface area contributed by atoms with Crippen LogP contribution in [0.4, 0.5) is 0 Å².